The van der Waals surface area contributed by atoms with Crippen molar-refractivity contribution >= 4 is 11.9 Å². The molecular weight excluding hydrogens is 294 g/mol. The van der Waals surface area contributed by atoms with Gasteiger partial charge in [-0.3, -0.25) is 9.59 Å². The maximum absolute atomic E-state index is 12.1. The van der Waals surface area contributed by atoms with Gasteiger partial charge in [-0.05, 0) is 30.9 Å². The minimum absolute atomic E-state index is 0.109. The zero-order valence-electron chi connectivity index (χ0n) is 13.6. The summed E-state index contributed by atoms with van der Waals surface area (Å²) in [4.78, 5) is 23.7. The summed E-state index contributed by atoms with van der Waals surface area (Å²) < 4.78 is 5.27. The Labute approximate surface area is 137 Å². The Balaban J connectivity index is 1.86. The molecule has 5 nitrogen and oxygen atoms in total. The van der Waals surface area contributed by atoms with Crippen molar-refractivity contribution in [2.75, 3.05) is 13.7 Å². The van der Waals surface area contributed by atoms with Crippen molar-refractivity contribution in [2.45, 2.75) is 44.9 Å². The monoisotopic (exact) mass is 319 g/mol. The number of aryl methyl sites for hydroxylation is 1. The molecule has 23 heavy (non-hydrogen) atoms. The van der Waals surface area contributed by atoms with Crippen molar-refractivity contribution in [2.24, 2.45) is 5.41 Å². The number of rotatable bonds is 7. The molecule has 1 aliphatic rings. The molecule has 0 aliphatic heterocycles. The zero-order valence-corrected chi connectivity index (χ0v) is 13.6. The summed E-state index contributed by atoms with van der Waals surface area (Å²) in [5, 5.41) is 12.3. The molecule has 1 aliphatic carbocycles. The molecule has 0 unspecified atom stereocenters. The lowest BCUT2D eigenvalue weighted by Crippen LogP contribution is -2.44. The van der Waals surface area contributed by atoms with Gasteiger partial charge in [0.05, 0.1) is 12.5 Å². The van der Waals surface area contributed by atoms with E-state index < -0.39 is 11.4 Å². The number of nitrogens with one attached hydrogen (secondary N) is 1. The van der Waals surface area contributed by atoms with E-state index in [9.17, 15) is 14.7 Å². The molecule has 1 amide bonds. The van der Waals surface area contributed by atoms with E-state index in [2.05, 4.69) is 5.32 Å². The van der Waals surface area contributed by atoms with Crippen LogP contribution in [0.5, 0.6) is 5.75 Å². The standard InChI is InChI=1S/C18H25NO4/c1-23-15-8-4-3-7-14(15)9-10-16(20)19-13-18(17(21)22)11-5-2-6-12-18/h3-4,7-8H,2,5-6,9-13H2,1H3,(H,19,20)(H,21,22). The Morgan fingerprint density at radius 1 is 1.22 bits per heavy atom. The molecule has 0 bridgehead atoms. The number of hydrogen-bond donors (Lipinski definition) is 2. The second-order valence-corrected chi connectivity index (χ2v) is 6.23. The molecule has 0 aromatic heterocycles. The molecule has 5 heteroatoms. The quantitative estimate of drug-likeness (QED) is 0.810. The number of amides is 1. The van der Waals surface area contributed by atoms with E-state index in [0.29, 0.717) is 25.7 Å². The number of carbonyl (C=O) groups excluding carboxylic acids is 1. The molecule has 0 atom stereocenters. The fraction of sp³-hybridized carbons (Fsp3) is 0.556. The number of hydrogen-bond acceptors (Lipinski definition) is 3. The van der Waals surface area contributed by atoms with Crippen molar-refractivity contribution in [3.63, 3.8) is 0 Å². The van der Waals surface area contributed by atoms with Gasteiger partial charge in [-0.15, -0.1) is 0 Å². The van der Waals surface area contributed by atoms with E-state index in [1.165, 1.54) is 0 Å². The average Bonchev–Trinajstić information content (AvgIpc) is 2.59. The third-order valence-electron chi connectivity index (χ3n) is 4.70. The molecule has 0 radical (unpaired) electrons. The molecule has 0 saturated heterocycles. The topological polar surface area (TPSA) is 75.6 Å². The van der Waals surface area contributed by atoms with E-state index in [1.807, 2.05) is 24.3 Å². The highest BCUT2D eigenvalue weighted by molar-refractivity contribution is 5.79. The molecule has 2 N–H and O–H groups in total. The summed E-state index contributed by atoms with van der Waals surface area (Å²) in [6.07, 6.45) is 5.12. The van der Waals surface area contributed by atoms with Gasteiger partial charge >= 0.3 is 5.97 Å². The van der Waals surface area contributed by atoms with Crippen molar-refractivity contribution in [1.29, 1.82) is 0 Å². The molecule has 1 fully saturated rings. The highest BCUT2D eigenvalue weighted by Gasteiger charge is 2.39. The summed E-state index contributed by atoms with van der Waals surface area (Å²) in [5.41, 5.74) is 0.203. The normalized spacial score (nSPS) is 16.6. The number of ether oxygens (including phenoxy) is 1. The minimum Gasteiger partial charge on any atom is -0.496 e. The smallest absolute Gasteiger partial charge is 0.311 e. The van der Waals surface area contributed by atoms with Gasteiger partial charge in [-0.1, -0.05) is 37.5 Å². The second-order valence-electron chi connectivity index (χ2n) is 6.23. The molecule has 1 saturated carbocycles. The fourth-order valence-corrected chi connectivity index (χ4v) is 3.21. The van der Waals surface area contributed by atoms with Crippen LogP contribution in [0.15, 0.2) is 24.3 Å². The van der Waals surface area contributed by atoms with Crippen LogP contribution in [-0.2, 0) is 16.0 Å². The van der Waals surface area contributed by atoms with E-state index in [1.54, 1.807) is 7.11 Å². The van der Waals surface area contributed by atoms with Gasteiger partial charge in [-0.2, -0.15) is 0 Å². The number of methoxy groups -OCH3 is 1. The lowest BCUT2D eigenvalue weighted by Gasteiger charge is -2.33. The number of benzene rings is 1. The Morgan fingerprint density at radius 3 is 2.57 bits per heavy atom. The van der Waals surface area contributed by atoms with Crippen LogP contribution >= 0.6 is 0 Å². The SMILES string of the molecule is COc1ccccc1CCC(=O)NCC1(C(=O)O)CCCCC1. The van der Waals surface area contributed by atoms with Crippen LogP contribution in [0.2, 0.25) is 0 Å². The van der Waals surface area contributed by atoms with Crippen molar-refractivity contribution in [1.82, 2.24) is 5.32 Å². The molecule has 0 heterocycles. The van der Waals surface area contributed by atoms with Gasteiger partial charge in [-0.25, -0.2) is 0 Å². The molecule has 1 aromatic rings. The Morgan fingerprint density at radius 2 is 1.91 bits per heavy atom. The highest BCUT2D eigenvalue weighted by Crippen LogP contribution is 2.36. The zero-order chi connectivity index (χ0) is 16.7. The number of carboxylic acids is 1. The highest BCUT2D eigenvalue weighted by atomic mass is 16.5. The number of para-hydroxylation sites is 1. The van der Waals surface area contributed by atoms with Crippen LogP contribution in [-0.4, -0.2) is 30.6 Å². The average molecular weight is 319 g/mol. The molecule has 0 spiro atoms. The van der Waals surface area contributed by atoms with Crippen LogP contribution in [0.1, 0.15) is 44.1 Å². The summed E-state index contributed by atoms with van der Waals surface area (Å²) in [5.74, 6) is -0.126. The summed E-state index contributed by atoms with van der Waals surface area (Å²) >= 11 is 0. The third kappa shape index (κ3) is 4.47. The van der Waals surface area contributed by atoms with Gasteiger partial charge in [0.25, 0.3) is 0 Å². The van der Waals surface area contributed by atoms with Gasteiger partial charge in [0.2, 0.25) is 5.91 Å². The first-order valence-corrected chi connectivity index (χ1v) is 8.19. The molecular formula is C18H25NO4. The van der Waals surface area contributed by atoms with Gasteiger partial charge in [0.15, 0.2) is 0 Å². The molecule has 1 aromatic carbocycles. The van der Waals surface area contributed by atoms with E-state index in [4.69, 9.17) is 4.74 Å². The Bertz CT molecular complexity index is 550. The van der Waals surface area contributed by atoms with Crippen LogP contribution in [0.25, 0.3) is 0 Å². The van der Waals surface area contributed by atoms with E-state index in [0.717, 1.165) is 30.6 Å². The summed E-state index contributed by atoms with van der Waals surface area (Å²) in [6, 6.07) is 7.61. The number of carbonyl (C=O) groups is 2. The first-order valence-electron chi connectivity index (χ1n) is 8.19. The lowest BCUT2D eigenvalue weighted by atomic mass is 9.74. The van der Waals surface area contributed by atoms with Crippen molar-refractivity contribution < 1.29 is 19.4 Å². The third-order valence-corrected chi connectivity index (χ3v) is 4.70. The van der Waals surface area contributed by atoms with Crippen LogP contribution in [0.4, 0.5) is 0 Å². The first kappa shape index (κ1) is 17.3. The lowest BCUT2D eigenvalue weighted by molar-refractivity contribution is -0.151. The van der Waals surface area contributed by atoms with Crippen LogP contribution in [0.3, 0.4) is 0 Å². The predicted octanol–water partition coefficient (Wildman–Crippen LogP) is 2.78. The predicted molar refractivity (Wildman–Crippen MR) is 87.5 cm³/mol. The van der Waals surface area contributed by atoms with Crippen LogP contribution < -0.4 is 10.1 Å². The fourth-order valence-electron chi connectivity index (χ4n) is 3.21. The van der Waals surface area contributed by atoms with E-state index >= 15 is 0 Å². The van der Waals surface area contributed by atoms with Crippen LogP contribution in [0, 0.1) is 5.41 Å². The van der Waals surface area contributed by atoms with E-state index in [-0.39, 0.29) is 12.5 Å². The van der Waals surface area contributed by atoms with Gasteiger partial charge in [0.1, 0.15) is 5.75 Å². The Kier molecular flexibility index (Phi) is 6.02. The van der Waals surface area contributed by atoms with Crippen molar-refractivity contribution in [3.05, 3.63) is 29.8 Å². The van der Waals surface area contributed by atoms with Gasteiger partial charge < -0.3 is 15.2 Å². The summed E-state index contributed by atoms with van der Waals surface area (Å²) in [7, 11) is 1.61. The van der Waals surface area contributed by atoms with Gasteiger partial charge in [0, 0.05) is 13.0 Å². The van der Waals surface area contributed by atoms with Crippen molar-refractivity contribution in [3.8, 4) is 5.75 Å². The summed E-state index contributed by atoms with van der Waals surface area (Å²) in [6.45, 7) is 0.229. The Hall–Kier alpha value is -2.04. The molecule has 2 rings (SSSR count). The first-order chi connectivity index (χ1) is 11.1. The maximum atomic E-state index is 12.1. The number of carboxylic acid groups (broad SMARTS) is 1. The minimum atomic E-state index is -0.790. The second kappa shape index (κ2) is 7.99. The maximum Gasteiger partial charge on any atom is 0.311 e. The largest absolute Gasteiger partial charge is 0.496 e. The molecule has 126 valence electrons. The number of aliphatic carboxylic acids is 1.